The molecule has 23 heavy (non-hydrogen) atoms. The Morgan fingerprint density at radius 3 is 2.70 bits per heavy atom. The van der Waals surface area contributed by atoms with Crippen molar-refractivity contribution in [3.8, 4) is 0 Å². The lowest BCUT2D eigenvalue weighted by molar-refractivity contribution is 0.205. The second-order valence-electron chi connectivity index (χ2n) is 4.27. The van der Waals surface area contributed by atoms with Gasteiger partial charge in [0.1, 0.15) is 5.15 Å². The van der Waals surface area contributed by atoms with Crippen LogP contribution < -0.4 is 4.31 Å². The third kappa shape index (κ3) is 2.58. The topological polar surface area (TPSA) is 126 Å². The summed E-state index contributed by atoms with van der Waals surface area (Å²) in [6.07, 6.45) is 0.473. The normalized spacial score (nSPS) is 11.5. The molecule has 3 aromatic rings. The molecule has 0 spiro atoms. The van der Waals surface area contributed by atoms with E-state index in [-0.39, 0.29) is 14.4 Å². The lowest BCUT2D eigenvalue weighted by Crippen LogP contribution is -2.36. The van der Waals surface area contributed by atoms with Crippen molar-refractivity contribution in [1.82, 2.24) is 15.1 Å². The fourth-order valence-corrected chi connectivity index (χ4v) is 3.39. The number of aromatic nitrogens is 3. The summed E-state index contributed by atoms with van der Waals surface area (Å²) >= 11 is 5.92. The summed E-state index contributed by atoms with van der Waals surface area (Å²) in [5, 5.41) is 13.7. The van der Waals surface area contributed by atoms with Crippen molar-refractivity contribution in [3.05, 3.63) is 42.0 Å². The second-order valence-corrected chi connectivity index (χ2v) is 6.41. The molecule has 1 N–H and O–H groups in total. The summed E-state index contributed by atoms with van der Waals surface area (Å²) < 4.78 is 29.6. The first kappa shape index (κ1) is 15.2. The highest BCUT2D eigenvalue weighted by molar-refractivity contribution is 7.93. The molecule has 3 rings (SSSR count). The molecule has 118 valence electrons. The standard InChI is InChI=1S/C12H7ClN4O5S/c13-10-9-2-1-8(5-7(9)3-4-14-10)23(20,21)17(12(18)19)11-15-6-22-16-11/h1-6H,(H,18,19). The number of anilines is 1. The number of amides is 1. The minimum absolute atomic E-state index is 0.0282. The number of pyridine rings is 1. The molecule has 2 heterocycles. The van der Waals surface area contributed by atoms with E-state index >= 15 is 0 Å². The molecule has 9 nitrogen and oxygen atoms in total. The van der Waals surface area contributed by atoms with E-state index < -0.39 is 22.1 Å². The summed E-state index contributed by atoms with van der Waals surface area (Å²) in [4.78, 5) is 18.4. The van der Waals surface area contributed by atoms with Gasteiger partial charge in [0.15, 0.2) is 0 Å². The minimum atomic E-state index is -4.44. The van der Waals surface area contributed by atoms with E-state index in [1.54, 1.807) is 6.07 Å². The first-order valence-electron chi connectivity index (χ1n) is 6.00. The molecule has 0 fully saturated rings. The van der Waals surface area contributed by atoms with E-state index in [4.69, 9.17) is 11.6 Å². The molecule has 0 saturated heterocycles. The zero-order valence-electron chi connectivity index (χ0n) is 11.1. The van der Waals surface area contributed by atoms with Crippen LogP contribution in [0.25, 0.3) is 10.8 Å². The lowest BCUT2D eigenvalue weighted by atomic mass is 10.2. The maximum atomic E-state index is 12.6. The van der Waals surface area contributed by atoms with Gasteiger partial charge >= 0.3 is 6.09 Å². The summed E-state index contributed by atoms with van der Waals surface area (Å²) in [7, 11) is -4.44. The predicted octanol–water partition coefficient (Wildman–Crippen LogP) is 2.14. The number of carboxylic acid groups (broad SMARTS) is 1. The Labute approximate surface area is 134 Å². The van der Waals surface area contributed by atoms with Gasteiger partial charge in [-0.1, -0.05) is 11.6 Å². The zero-order chi connectivity index (χ0) is 16.6. The fraction of sp³-hybridized carbons (Fsp3) is 0. The van der Waals surface area contributed by atoms with E-state index in [2.05, 4.69) is 19.6 Å². The van der Waals surface area contributed by atoms with Crippen molar-refractivity contribution >= 4 is 44.4 Å². The molecule has 0 aliphatic heterocycles. The molecule has 0 atom stereocenters. The van der Waals surface area contributed by atoms with Gasteiger partial charge in [0.05, 0.1) is 4.90 Å². The van der Waals surface area contributed by atoms with Gasteiger partial charge in [0, 0.05) is 11.6 Å². The smallest absolute Gasteiger partial charge is 0.428 e. The predicted molar refractivity (Wildman–Crippen MR) is 78.7 cm³/mol. The van der Waals surface area contributed by atoms with Gasteiger partial charge in [-0.25, -0.2) is 18.2 Å². The summed E-state index contributed by atoms with van der Waals surface area (Å²) in [6, 6.07) is 5.50. The number of halogens is 1. The molecule has 0 radical (unpaired) electrons. The van der Waals surface area contributed by atoms with Gasteiger partial charge in [-0.15, -0.1) is 4.31 Å². The van der Waals surface area contributed by atoms with E-state index in [0.717, 1.165) is 6.39 Å². The number of sulfonamides is 1. The molecular formula is C12H7ClN4O5S. The molecule has 11 heteroatoms. The third-order valence-corrected chi connectivity index (χ3v) is 4.88. The summed E-state index contributed by atoms with van der Waals surface area (Å²) in [5.74, 6) is -0.606. The highest BCUT2D eigenvalue weighted by Gasteiger charge is 2.34. The van der Waals surface area contributed by atoms with Crippen LogP contribution in [0, 0.1) is 0 Å². The van der Waals surface area contributed by atoms with Crippen molar-refractivity contribution in [1.29, 1.82) is 0 Å². The molecule has 0 unspecified atom stereocenters. The zero-order valence-corrected chi connectivity index (χ0v) is 12.7. The maximum absolute atomic E-state index is 12.6. The van der Waals surface area contributed by atoms with Gasteiger partial charge < -0.3 is 9.63 Å². The van der Waals surface area contributed by atoms with Crippen LogP contribution in [0.2, 0.25) is 5.15 Å². The van der Waals surface area contributed by atoms with Crippen LogP contribution in [-0.4, -0.2) is 34.7 Å². The highest BCUT2D eigenvalue weighted by Crippen LogP contribution is 2.27. The Kier molecular flexibility index (Phi) is 3.62. The SMILES string of the molecule is O=C(O)N(c1ncon1)S(=O)(=O)c1ccc2c(Cl)nccc2c1. The Hall–Kier alpha value is -2.72. The molecule has 1 aromatic carbocycles. The fourth-order valence-electron chi connectivity index (χ4n) is 1.94. The van der Waals surface area contributed by atoms with Gasteiger partial charge in [0.25, 0.3) is 16.0 Å². The van der Waals surface area contributed by atoms with Gasteiger partial charge in [-0.2, -0.15) is 4.98 Å². The Bertz CT molecular complexity index is 990. The number of fused-ring (bicyclic) bond motifs is 1. The van der Waals surface area contributed by atoms with Crippen LogP contribution in [0.3, 0.4) is 0 Å². The van der Waals surface area contributed by atoms with Crippen molar-refractivity contribution in [3.63, 3.8) is 0 Å². The molecule has 0 aliphatic carbocycles. The first-order chi connectivity index (χ1) is 10.9. The quantitative estimate of drug-likeness (QED) is 0.709. The lowest BCUT2D eigenvalue weighted by Gasteiger charge is -2.15. The first-order valence-corrected chi connectivity index (χ1v) is 7.82. The molecule has 1 amide bonds. The molecule has 2 aromatic heterocycles. The number of carbonyl (C=O) groups is 1. The highest BCUT2D eigenvalue weighted by atomic mass is 35.5. The largest absolute Gasteiger partial charge is 0.464 e. The monoisotopic (exact) mass is 354 g/mol. The Morgan fingerprint density at radius 2 is 2.04 bits per heavy atom. The number of benzene rings is 1. The molecular weight excluding hydrogens is 348 g/mol. The average Bonchev–Trinajstić information content (AvgIpc) is 3.00. The van der Waals surface area contributed by atoms with Gasteiger partial charge in [0.2, 0.25) is 6.39 Å². The van der Waals surface area contributed by atoms with Crippen molar-refractivity contribution in [2.45, 2.75) is 4.90 Å². The minimum Gasteiger partial charge on any atom is -0.464 e. The number of hydrogen-bond donors (Lipinski definition) is 1. The van der Waals surface area contributed by atoms with Crippen LogP contribution >= 0.6 is 11.6 Å². The Morgan fingerprint density at radius 1 is 1.26 bits per heavy atom. The second kappa shape index (κ2) is 5.48. The molecule has 0 aliphatic rings. The van der Waals surface area contributed by atoms with Crippen LogP contribution in [0.5, 0.6) is 0 Å². The van der Waals surface area contributed by atoms with Crippen LogP contribution in [0.4, 0.5) is 10.7 Å². The van der Waals surface area contributed by atoms with E-state index in [1.165, 1.54) is 24.4 Å². The van der Waals surface area contributed by atoms with Crippen molar-refractivity contribution in [2.24, 2.45) is 0 Å². The Balaban J connectivity index is 2.17. The van der Waals surface area contributed by atoms with Crippen LogP contribution in [-0.2, 0) is 10.0 Å². The van der Waals surface area contributed by atoms with Gasteiger partial charge in [-0.05, 0) is 34.8 Å². The maximum Gasteiger partial charge on any atom is 0.428 e. The van der Waals surface area contributed by atoms with Crippen molar-refractivity contribution < 1.29 is 22.8 Å². The molecule has 0 bridgehead atoms. The number of nitrogens with zero attached hydrogens (tertiary/aromatic N) is 4. The van der Waals surface area contributed by atoms with Crippen molar-refractivity contribution in [2.75, 3.05) is 4.31 Å². The van der Waals surface area contributed by atoms with E-state index in [1.807, 2.05) is 0 Å². The van der Waals surface area contributed by atoms with Crippen LogP contribution in [0.15, 0.2) is 46.3 Å². The number of rotatable bonds is 3. The average molecular weight is 355 g/mol. The summed E-state index contributed by atoms with van der Waals surface area (Å²) in [5.41, 5.74) is 0. The molecule has 0 saturated carbocycles. The number of hydrogen-bond acceptors (Lipinski definition) is 7. The third-order valence-electron chi connectivity index (χ3n) is 2.93. The van der Waals surface area contributed by atoms with Gasteiger partial charge in [-0.3, -0.25) is 0 Å². The summed E-state index contributed by atoms with van der Waals surface area (Å²) in [6.45, 7) is 0. The van der Waals surface area contributed by atoms with E-state index in [9.17, 15) is 18.3 Å². The van der Waals surface area contributed by atoms with E-state index in [0.29, 0.717) is 10.8 Å². The van der Waals surface area contributed by atoms with Crippen LogP contribution in [0.1, 0.15) is 0 Å².